The number of aryl methyl sites for hydroxylation is 2. The molecule has 1 saturated heterocycles. The summed E-state index contributed by atoms with van der Waals surface area (Å²) in [6.45, 7) is 6.61. The zero-order valence-electron chi connectivity index (χ0n) is 16.4. The maximum Gasteiger partial charge on any atom is 0.174 e. The predicted octanol–water partition coefficient (Wildman–Crippen LogP) is 5.55. The second kappa shape index (κ2) is 8.38. The van der Waals surface area contributed by atoms with E-state index in [4.69, 9.17) is 14.2 Å². The van der Waals surface area contributed by atoms with Gasteiger partial charge in [0.05, 0.1) is 31.4 Å². The van der Waals surface area contributed by atoms with Gasteiger partial charge in [-0.2, -0.15) is 5.26 Å². The number of halogens is 1. The molecule has 0 radical (unpaired) electrons. The van der Waals surface area contributed by atoms with Gasteiger partial charge >= 0.3 is 0 Å². The van der Waals surface area contributed by atoms with E-state index in [1.807, 2.05) is 43.3 Å². The van der Waals surface area contributed by atoms with Crippen LogP contribution in [0.25, 0.3) is 0 Å². The Bertz CT molecular complexity index is 917. The van der Waals surface area contributed by atoms with Crippen LogP contribution in [0.2, 0.25) is 0 Å². The highest BCUT2D eigenvalue weighted by atomic mass is 79.9. The average Bonchev–Trinajstić information content (AvgIpc) is 3.03. The smallest absolute Gasteiger partial charge is 0.174 e. The lowest BCUT2D eigenvalue weighted by Crippen LogP contribution is -2.25. The van der Waals surface area contributed by atoms with Crippen LogP contribution in [0.5, 0.6) is 11.5 Å². The van der Waals surface area contributed by atoms with Crippen molar-refractivity contribution >= 4 is 15.9 Å². The monoisotopic (exact) mass is 441 g/mol. The van der Waals surface area contributed by atoms with Crippen LogP contribution in [0.15, 0.2) is 53.0 Å². The van der Waals surface area contributed by atoms with Gasteiger partial charge in [0.1, 0.15) is 11.5 Å². The number of hydrogen-bond acceptors (Lipinski definition) is 4. The van der Waals surface area contributed by atoms with Crippen molar-refractivity contribution in [3.8, 4) is 17.6 Å². The Labute approximate surface area is 174 Å². The minimum absolute atomic E-state index is 0.311. The van der Waals surface area contributed by atoms with Gasteiger partial charge in [0.2, 0.25) is 0 Å². The van der Waals surface area contributed by atoms with Crippen LogP contribution >= 0.6 is 15.9 Å². The topological polar surface area (TPSA) is 51.5 Å². The van der Waals surface area contributed by atoms with Crippen LogP contribution in [0.1, 0.15) is 29.2 Å². The van der Waals surface area contributed by atoms with Gasteiger partial charge in [0.25, 0.3) is 0 Å². The fourth-order valence-corrected chi connectivity index (χ4v) is 4.37. The summed E-state index contributed by atoms with van der Waals surface area (Å²) < 4.78 is 17.7. The van der Waals surface area contributed by atoms with Crippen molar-refractivity contribution in [1.82, 2.24) is 0 Å². The van der Waals surface area contributed by atoms with E-state index in [0.717, 1.165) is 21.2 Å². The number of hydrogen-bond donors (Lipinski definition) is 0. The van der Waals surface area contributed by atoms with Gasteiger partial charge in [-0.1, -0.05) is 36.4 Å². The van der Waals surface area contributed by atoms with Gasteiger partial charge in [0, 0.05) is 0 Å². The molecule has 2 aromatic rings. The van der Waals surface area contributed by atoms with Gasteiger partial charge in [0.15, 0.2) is 11.5 Å². The molecule has 0 aliphatic carbocycles. The molecule has 0 amide bonds. The van der Waals surface area contributed by atoms with E-state index in [1.54, 1.807) is 14.2 Å². The molecular formula is C23H24BrNO3. The van der Waals surface area contributed by atoms with E-state index >= 15 is 0 Å². The summed E-state index contributed by atoms with van der Waals surface area (Å²) in [5.74, 6) is 1.32. The summed E-state index contributed by atoms with van der Waals surface area (Å²) in [5, 5.41) is 10.1. The van der Waals surface area contributed by atoms with Crippen molar-refractivity contribution in [1.29, 1.82) is 5.26 Å². The minimum Gasteiger partial charge on any atom is -0.493 e. The first-order chi connectivity index (χ1) is 13.4. The zero-order chi connectivity index (χ0) is 20.3. The first-order valence-electron chi connectivity index (χ1n) is 9.13. The van der Waals surface area contributed by atoms with Crippen LogP contribution < -0.4 is 9.47 Å². The predicted molar refractivity (Wildman–Crippen MR) is 113 cm³/mol. The lowest BCUT2D eigenvalue weighted by atomic mass is 9.72. The lowest BCUT2D eigenvalue weighted by molar-refractivity contribution is 0.0675. The first kappa shape index (κ1) is 20.4. The van der Waals surface area contributed by atoms with E-state index in [1.165, 1.54) is 5.56 Å². The lowest BCUT2D eigenvalue weighted by Gasteiger charge is -2.28. The van der Waals surface area contributed by atoms with E-state index in [9.17, 15) is 5.26 Å². The highest BCUT2D eigenvalue weighted by Gasteiger charge is 2.48. The number of methoxy groups -OCH3 is 2. The first-order valence-corrected chi connectivity index (χ1v) is 9.92. The van der Waals surface area contributed by atoms with Gasteiger partial charge in [-0.3, -0.25) is 0 Å². The molecule has 5 heteroatoms. The number of nitrogens with zero attached hydrogens (tertiary/aromatic N) is 1. The van der Waals surface area contributed by atoms with Gasteiger partial charge in [-0.15, -0.1) is 0 Å². The molecule has 28 heavy (non-hydrogen) atoms. The Hall–Kier alpha value is -2.29. The molecule has 0 spiro atoms. The third-order valence-corrected chi connectivity index (χ3v) is 5.97. The molecule has 4 nitrogen and oxygen atoms in total. The largest absolute Gasteiger partial charge is 0.493 e. The van der Waals surface area contributed by atoms with Crippen LogP contribution in [0.4, 0.5) is 0 Å². The SMILES string of the molecule is C=C1CO[C@@H](c2ccc(C)cc2)[C@@]1(C#N)CCc1cc(Br)c(OC)c(OC)c1. The molecular weight excluding hydrogens is 418 g/mol. The fraction of sp³-hybridized carbons (Fsp3) is 0.348. The van der Waals surface area contributed by atoms with Crippen molar-refractivity contribution in [3.63, 3.8) is 0 Å². The van der Waals surface area contributed by atoms with Crippen LogP contribution in [-0.4, -0.2) is 20.8 Å². The molecule has 0 saturated carbocycles. The molecule has 0 aromatic heterocycles. The van der Waals surface area contributed by atoms with Crippen molar-refractivity contribution in [3.05, 3.63) is 69.7 Å². The van der Waals surface area contributed by atoms with Gasteiger partial charge < -0.3 is 14.2 Å². The summed E-state index contributed by atoms with van der Waals surface area (Å²) in [4.78, 5) is 0. The number of benzene rings is 2. The molecule has 1 aliphatic heterocycles. The summed E-state index contributed by atoms with van der Waals surface area (Å²) in [6.07, 6.45) is 0.995. The second-order valence-corrected chi connectivity index (χ2v) is 7.96. The van der Waals surface area contributed by atoms with Gasteiger partial charge in [-0.05, 0) is 64.5 Å². The molecule has 146 valence electrons. The van der Waals surface area contributed by atoms with Crippen molar-refractivity contribution in [2.24, 2.45) is 5.41 Å². The van der Waals surface area contributed by atoms with Crippen molar-refractivity contribution in [2.45, 2.75) is 25.9 Å². The second-order valence-electron chi connectivity index (χ2n) is 7.10. The number of nitriles is 1. The third kappa shape index (κ3) is 3.67. The maximum atomic E-state index is 10.1. The normalized spacial score (nSPS) is 21.4. The van der Waals surface area contributed by atoms with E-state index in [2.05, 4.69) is 28.6 Å². The summed E-state index contributed by atoms with van der Waals surface area (Å²) in [6, 6.07) is 14.7. The molecule has 0 bridgehead atoms. The van der Waals surface area contributed by atoms with Crippen LogP contribution in [0.3, 0.4) is 0 Å². The highest BCUT2D eigenvalue weighted by Crippen LogP contribution is 2.51. The third-order valence-electron chi connectivity index (χ3n) is 5.38. The molecule has 0 N–H and O–H groups in total. The van der Waals surface area contributed by atoms with E-state index in [0.29, 0.717) is 30.9 Å². The van der Waals surface area contributed by atoms with Crippen LogP contribution in [-0.2, 0) is 11.2 Å². The van der Waals surface area contributed by atoms with Gasteiger partial charge in [-0.25, -0.2) is 0 Å². The number of ether oxygens (including phenoxy) is 3. The molecule has 2 aromatic carbocycles. The molecule has 1 aliphatic rings. The van der Waals surface area contributed by atoms with Crippen molar-refractivity contribution in [2.75, 3.05) is 20.8 Å². The molecule has 2 atom stereocenters. The Balaban J connectivity index is 1.90. The summed E-state index contributed by atoms with van der Waals surface area (Å²) in [7, 11) is 3.23. The molecule has 1 heterocycles. The molecule has 1 fully saturated rings. The van der Waals surface area contributed by atoms with E-state index in [-0.39, 0.29) is 6.10 Å². The zero-order valence-corrected chi connectivity index (χ0v) is 18.0. The Morgan fingerprint density at radius 2 is 1.96 bits per heavy atom. The Morgan fingerprint density at radius 1 is 1.25 bits per heavy atom. The highest BCUT2D eigenvalue weighted by molar-refractivity contribution is 9.10. The Morgan fingerprint density at radius 3 is 2.57 bits per heavy atom. The van der Waals surface area contributed by atoms with E-state index < -0.39 is 5.41 Å². The standard InChI is InChI=1S/C23H24BrNO3/c1-15-5-7-18(8-6-15)22-23(14-25,16(2)13-28-22)10-9-17-11-19(24)21(27-4)20(12-17)26-3/h5-8,11-12,22H,2,9-10,13H2,1,3-4H3/t22-,23+/m0/s1. The van der Waals surface area contributed by atoms with Crippen molar-refractivity contribution < 1.29 is 14.2 Å². The number of rotatable bonds is 6. The molecule has 0 unspecified atom stereocenters. The molecule has 3 rings (SSSR count). The quantitative estimate of drug-likeness (QED) is 0.551. The summed E-state index contributed by atoms with van der Waals surface area (Å²) in [5.41, 5.74) is 3.33. The minimum atomic E-state index is -0.755. The van der Waals surface area contributed by atoms with Crippen LogP contribution in [0, 0.1) is 23.7 Å². The Kier molecular flexibility index (Phi) is 6.12. The summed E-state index contributed by atoms with van der Waals surface area (Å²) >= 11 is 3.54. The fourth-order valence-electron chi connectivity index (χ4n) is 3.72. The maximum absolute atomic E-state index is 10.1. The average molecular weight is 442 g/mol.